The summed E-state index contributed by atoms with van der Waals surface area (Å²) in [5, 5.41) is 23.4. The summed E-state index contributed by atoms with van der Waals surface area (Å²) in [7, 11) is 0. The third-order valence-electron chi connectivity index (χ3n) is 17.3. The first-order chi connectivity index (χ1) is 39.0. The minimum Gasteiger partial charge on any atom is -0.466 e. The van der Waals surface area contributed by atoms with Crippen molar-refractivity contribution in [2.24, 2.45) is 0 Å². The molecule has 0 aliphatic carbocycles. The van der Waals surface area contributed by atoms with Crippen molar-refractivity contribution in [1.82, 2.24) is 5.32 Å². The fourth-order valence-electron chi connectivity index (χ4n) is 11.8. The average molecular weight is 1110 g/mol. The van der Waals surface area contributed by atoms with Crippen LogP contribution in [0.3, 0.4) is 0 Å². The molecule has 0 aliphatic heterocycles. The smallest absolute Gasteiger partial charge is 0.305 e. The number of hydrogen-bond acceptors (Lipinski definition) is 5. The number of ether oxygens (including phenoxy) is 1. The Hall–Kier alpha value is -1.40. The van der Waals surface area contributed by atoms with Crippen LogP contribution in [0, 0.1) is 0 Å². The number of nitrogens with one attached hydrogen (secondary N) is 1. The number of unbranched alkanes of at least 4 members (excludes halogenated alkanes) is 56. The van der Waals surface area contributed by atoms with Gasteiger partial charge in [-0.15, -0.1) is 0 Å². The average Bonchev–Trinajstić information content (AvgIpc) is 3.45. The fourth-order valence-corrected chi connectivity index (χ4v) is 11.8. The van der Waals surface area contributed by atoms with Crippen LogP contribution in [-0.4, -0.2) is 47.4 Å². The molecule has 0 rings (SSSR count). The lowest BCUT2D eigenvalue weighted by molar-refractivity contribution is -0.143. The first-order valence-electron chi connectivity index (χ1n) is 36.4. The largest absolute Gasteiger partial charge is 0.466 e. The lowest BCUT2D eigenvalue weighted by Crippen LogP contribution is -2.45. The van der Waals surface area contributed by atoms with Gasteiger partial charge in [-0.2, -0.15) is 0 Å². The number of rotatable bonds is 69. The van der Waals surface area contributed by atoms with Crippen molar-refractivity contribution in [3.05, 3.63) is 12.2 Å². The quantitative estimate of drug-likeness (QED) is 0.0320. The molecule has 0 heterocycles. The normalized spacial score (nSPS) is 12.5. The standard InChI is InChI=1S/C73H143NO5/c1-3-5-7-9-11-13-15-17-19-21-23-24-25-27-30-33-37-41-45-49-53-57-61-65-71(76)70(69-75)74-72(77)66-62-58-54-50-46-42-38-34-31-28-26-29-32-36-40-44-48-52-56-60-64-68-79-73(78)67-63-59-55-51-47-43-39-35-22-20-18-16-14-12-10-8-6-4-2/h20,22,70-71,75-76H,3-19,21,23-69H2,1-2H3,(H,74,77)/b22-20-. The van der Waals surface area contributed by atoms with Gasteiger partial charge in [0.05, 0.1) is 25.4 Å². The van der Waals surface area contributed by atoms with Gasteiger partial charge in [-0.1, -0.05) is 366 Å². The van der Waals surface area contributed by atoms with Crippen LogP contribution in [0.5, 0.6) is 0 Å². The Balaban J connectivity index is 3.37. The van der Waals surface area contributed by atoms with Crippen LogP contribution >= 0.6 is 0 Å². The molecule has 79 heavy (non-hydrogen) atoms. The molecule has 2 atom stereocenters. The summed E-state index contributed by atoms with van der Waals surface area (Å²) in [6.07, 6.45) is 85.4. The fraction of sp³-hybridized carbons (Fsp3) is 0.945. The van der Waals surface area contributed by atoms with E-state index in [1.807, 2.05) is 0 Å². The van der Waals surface area contributed by atoms with Crippen LogP contribution in [0.25, 0.3) is 0 Å². The van der Waals surface area contributed by atoms with Gasteiger partial charge in [0.2, 0.25) is 5.91 Å². The number of carbonyl (C=O) groups is 2. The topological polar surface area (TPSA) is 95.9 Å². The number of hydrogen-bond donors (Lipinski definition) is 3. The molecule has 0 saturated heterocycles. The maximum atomic E-state index is 12.6. The third-order valence-corrected chi connectivity index (χ3v) is 17.3. The van der Waals surface area contributed by atoms with E-state index in [0.717, 1.165) is 44.9 Å². The van der Waals surface area contributed by atoms with Crippen LogP contribution in [0.1, 0.15) is 418 Å². The highest BCUT2D eigenvalue weighted by Gasteiger charge is 2.20. The van der Waals surface area contributed by atoms with E-state index in [9.17, 15) is 19.8 Å². The van der Waals surface area contributed by atoms with E-state index in [2.05, 4.69) is 31.3 Å². The molecule has 0 bridgehead atoms. The lowest BCUT2D eigenvalue weighted by Gasteiger charge is -2.22. The van der Waals surface area contributed by atoms with Crippen LogP contribution in [0.15, 0.2) is 12.2 Å². The van der Waals surface area contributed by atoms with Crippen molar-refractivity contribution >= 4 is 11.9 Å². The Morgan fingerprint density at radius 3 is 0.899 bits per heavy atom. The third kappa shape index (κ3) is 65.6. The first-order valence-corrected chi connectivity index (χ1v) is 36.4. The van der Waals surface area contributed by atoms with Crippen LogP contribution in [-0.2, 0) is 14.3 Å². The molecular weight excluding hydrogens is 971 g/mol. The second-order valence-corrected chi connectivity index (χ2v) is 25.3. The van der Waals surface area contributed by atoms with Crippen molar-refractivity contribution in [2.75, 3.05) is 13.2 Å². The predicted molar refractivity (Wildman–Crippen MR) is 347 cm³/mol. The highest BCUT2D eigenvalue weighted by atomic mass is 16.5. The van der Waals surface area contributed by atoms with E-state index in [1.54, 1.807) is 0 Å². The van der Waals surface area contributed by atoms with E-state index in [1.165, 1.54) is 340 Å². The molecule has 0 aromatic carbocycles. The number of aliphatic hydroxyl groups excluding tert-OH is 2. The zero-order valence-corrected chi connectivity index (χ0v) is 53.9. The van der Waals surface area contributed by atoms with Gasteiger partial charge in [0.15, 0.2) is 0 Å². The predicted octanol–water partition coefficient (Wildman–Crippen LogP) is 23.5. The van der Waals surface area contributed by atoms with Crippen LogP contribution in [0.4, 0.5) is 0 Å². The van der Waals surface area contributed by atoms with Crippen molar-refractivity contribution < 1.29 is 24.5 Å². The molecule has 470 valence electrons. The second kappa shape index (κ2) is 69.1. The number of allylic oxidation sites excluding steroid dienone is 2. The summed E-state index contributed by atoms with van der Waals surface area (Å²) >= 11 is 0. The molecule has 0 fully saturated rings. The molecule has 6 nitrogen and oxygen atoms in total. The Labute approximate surface area is 495 Å². The molecule has 0 aromatic rings. The highest BCUT2D eigenvalue weighted by Crippen LogP contribution is 2.19. The van der Waals surface area contributed by atoms with Crippen molar-refractivity contribution in [3.63, 3.8) is 0 Å². The van der Waals surface area contributed by atoms with Crippen molar-refractivity contribution in [2.45, 2.75) is 431 Å². The molecule has 6 heteroatoms. The number of amides is 1. The number of esters is 1. The summed E-state index contributed by atoms with van der Waals surface area (Å²) in [4.78, 5) is 24.7. The van der Waals surface area contributed by atoms with Crippen LogP contribution in [0.2, 0.25) is 0 Å². The molecule has 0 spiro atoms. The minimum absolute atomic E-state index is 0.0106. The summed E-state index contributed by atoms with van der Waals surface area (Å²) < 4.78 is 5.51. The molecule has 2 unspecified atom stereocenters. The molecule has 1 amide bonds. The van der Waals surface area contributed by atoms with Crippen molar-refractivity contribution in [3.8, 4) is 0 Å². The van der Waals surface area contributed by atoms with E-state index < -0.39 is 12.1 Å². The molecule has 3 N–H and O–H groups in total. The number of aliphatic hydroxyl groups is 2. The zero-order chi connectivity index (χ0) is 57.1. The Kier molecular flexibility index (Phi) is 67.9. The maximum Gasteiger partial charge on any atom is 0.305 e. The van der Waals surface area contributed by atoms with Gasteiger partial charge in [0.25, 0.3) is 0 Å². The first kappa shape index (κ1) is 77.6. The van der Waals surface area contributed by atoms with E-state index in [0.29, 0.717) is 25.9 Å². The highest BCUT2D eigenvalue weighted by molar-refractivity contribution is 5.76. The molecule has 0 saturated carbocycles. The van der Waals surface area contributed by atoms with Gasteiger partial charge in [0, 0.05) is 12.8 Å². The van der Waals surface area contributed by atoms with Gasteiger partial charge in [-0.05, 0) is 51.4 Å². The second-order valence-electron chi connectivity index (χ2n) is 25.3. The molecule has 0 radical (unpaired) electrons. The van der Waals surface area contributed by atoms with Gasteiger partial charge >= 0.3 is 5.97 Å². The van der Waals surface area contributed by atoms with E-state index >= 15 is 0 Å². The molecular formula is C73H143NO5. The Morgan fingerprint density at radius 2 is 0.595 bits per heavy atom. The van der Waals surface area contributed by atoms with Gasteiger partial charge in [0.1, 0.15) is 0 Å². The van der Waals surface area contributed by atoms with Gasteiger partial charge in [-0.3, -0.25) is 9.59 Å². The van der Waals surface area contributed by atoms with Crippen LogP contribution < -0.4 is 5.32 Å². The van der Waals surface area contributed by atoms with E-state index in [4.69, 9.17) is 4.74 Å². The summed E-state index contributed by atoms with van der Waals surface area (Å²) in [5.41, 5.74) is 0. The van der Waals surface area contributed by atoms with Gasteiger partial charge < -0.3 is 20.3 Å². The van der Waals surface area contributed by atoms with Gasteiger partial charge in [-0.25, -0.2) is 0 Å². The maximum absolute atomic E-state index is 12.6. The molecule has 0 aliphatic rings. The summed E-state index contributed by atoms with van der Waals surface area (Å²) in [6, 6.07) is -0.543. The van der Waals surface area contributed by atoms with Crippen molar-refractivity contribution in [1.29, 1.82) is 0 Å². The monoisotopic (exact) mass is 1110 g/mol. The lowest BCUT2D eigenvalue weighted by atomic mass is 10.0. The molecule has 0 aromatic heterocycles. The van der Waals surface area contributed by atoms with E-state index in [-0.39, 0.29) is 18.5 Å². The summed E-state index contributed by atoms with van der Waals surface area (Å²) in [6.45, 7) is 4.99. The summed E-state index contributed by atoms with van der Waals surface area (Å²) in [5.74, 6) is -0.0199. The Bertz CT molecular complexity index is 1190. The SMILES string of the molecule is CCCCCCCCC/C=C\CCCCCCCCCC(=O)OCCCCCCCCCCCCCCCCCCCCCCCC(=O)NC(CO)C(O)CCCCCCCCCCCCCCCCCCCCCCCCC. The minimum atomic E-state index is -0.666. The number of carbonyl (C=O) groups excluding carboxylic acids is 2. The zero-order valence-electron chi connectivity index (χ0n) is 53.9. The Morgan fingerprint density at radius 1 is 0.342 bits per heavy atom.